The summed E-state index contributed by atoms with van der Waals surface area (Å²) in [6, 6.07) is 20.1. The number of nitrogens with one attached hydrogen (secondary N) is 1. The predicted octanol–water partition coefficient (Wildman–Crippen LogP) is 7.87. The van der Waals surface area contributed by atoms with Crippen molar-refractivity contribution in [3.05, 3.63) is 83.5 Å². The van der Waals surface area contributed by atoms with Gasteiger partial charge < -0.3 is 10.1 Å². The van der Waals surface area contributed by atoms with E-state index in [-0.39, 0.29) is 0 Å². The van der Waals surface area contributed by atoms with Crippen molar-refractivity contribution in [3.63, 3.8) is 0 Å². The molecule has 30 heavy (non-hydrogen) atoms. The topological polar surface area (TPSA) is 47.0 Å². The molecule has 0 radical (unpaired) electrons. The van der Waals surface area contributed by atoms with E-state index in [1.54, 1.807) is 23.1 Å². The SMILES string of the molecule is CC.Cc1csc(Nc2ncc(Sc3ccccc3C)cc2Oc2ccccc2)n1. The number of aryl methyl sites for hydroxylation is 2. The third-order valence-electron chi connectivity index (χ3n) is 3.96. The molecule has 0 amide bonds. The van der Waals surface area contributed by atoms with Gasteiger partial charge in [0.1, 0.15) is 5.75 Å². The van der Waals surface area contributed by atoms with E-state index < -0.39 is 0 Å². The number of thiazole rings is 1. The average molecular weight is 436 g/mol. The first kappa shape index (κ1) is 21.9. The molecule has 0 saturated carbocycles. The van der Waals surface area contributed by atoms with Crippen molar-refractivity contribution < 1.29 is 4.74 Å². The number of aromatic nitrogens is 2. The van der Waals surface area contributed by atoms with Crippen molar-refractivity contribution in [2.24, 2.45) is 0 Å². The predicted molar refractivity (Wildman–Crippen MR) is 128 cm³/mol. The Labute approximate surface area is 186 Å². The highest BCUT2D eigenvalue weighted by Gasteiger charge is 2.12. The summed E-state index contributed by atoms with van der Waals surface area (Å²) in [5.41, 5.74) is 2.21. The largest absolute Gasteiger partial charge is 0.453 e. The Morgan fingerprint density at radius 2 is 1.70 bits per heavy atom. The highest BCUT2D eigenvalue weighted by Crippen LogP contribution is 2.37. The molecule has 6 heteroatoms. The average Bonchev–Trinajstić information content (AvgIpc) is 3.18. The molecule has 0 unspecified atom stereocenters. The van der Waals surface area contributed by atoms with Gasteiger partial charge in [-0.15, -0.1) is 11.3 Å². The van der Waals surface area contributed by atoms with E-state index in [1.807, 2.05) is 80.9 Å². The molecule has 0 atom stereocenters. The zero-order valence-corrected chi connectivity index (χ0v) is 19.2. The molecular formula is C24H25N3OS2. The van der Waals surface area contributed by atoms with Crippen molar-refractivity contribution in [1.82, 2.24) is 9.97 Å². The van der Waals surface area contributed by atoms with Crippen LogP contribution in [0.5, 0.6) is 11.5 Å². The number of hydrogen-bond acceptors (Lipinski definition) is 6. The fourth-order valence-corrected chi connectivity index (χ4v) is 4.17. The van der Waals surface area contributed by atoms with Crippen molar-refractivity contribution in [3.8, 4) is 11.5 Å². The molecule has 0 spiro atoms. The Hall–Kier alpha value is -2.83. The summed E-state index contributed by atoms with van der Waals surface area (Å²) < 4.78 is 6.14. The maximum Gasteiger partial charge on any atom is 0.188 e. The first-order chi connectivity index (χ1) is 14.7. The highest BCUT2D eigenvalue weighted by molar-refractivity contribution is 7.99. The summed E-state index contributed by atoms with van der Waals surface area (Å²) in [5.74, 6) is 2.07. The Morgan fingerprint density at radius 3 is 2.40 bits per heavy atom. The van der Waals surface area contributed by atoms with Gasteiger partial charge in [-0.1, -0.05) is 62.0 Å². The number of para-hydroxylation sites is 1. The fraction of sp³-hybridized carbons (Fsp3) is 0.167. The van der Waals surface area contributed by atoms with Gasteiger partial charge >= 0.3 is 0 Å². The van der Waals surface area contributed by atoms with E-state index in [9.17, 15) is 0 Å². The number of hydrogen-bond donors (Lipinski definition) is 1. The number of nitrogens with zero attached hydrogens (tertiary/aromatic N) is 2. The van der Waals surface area contributed by atoms with Crippen molar-refractivity contribution >= 4 is 34.0 Å². The summed E-state index contributed by atoms with van der Waals surface area (Å²) >= 11 is 3.22. The molecule has 0 fully saturated rings. The van der Waals surface area contributed by atoms with Crippen molar-refractivity contribution in [1.29, 1.82) is 0 Å². The number of benzene rings is 2. The second-order valence-electron chi connectivity index (χ2n) is 6.22. The van der Waals surface area contributed by atoms with Crippen LogP contribution in [0.3, 0.4) is 0 Å². The van der Waals surface area contributed by atoms with Gasteiger partial charge in [0, 0.05) is 27.4 Å². The van der Waals surface area contributed by atoms with Gasteiger partial charge in [0.2, 0.25) is 0 Å². The lowest BCUT2D eigenvalue weighted by atomic mass is 10.2. The molecule has 0 bridgehead atoms. The number of ether oxygens (including phenoxy) is 1. The van der Waals surface area contributed by atoms with Gasteiger partial charge in [-0.3, -0.25) is 0 Å². The third kappa shape index (κ3) is 5.84. The second kappa shape index (κ2) is 10.8. The summed E-state index contributed by atoms with van der Waals surface area (Å²) in [7, 11) is 0. The van der Waals surface area contributed by atoms with Crippen LogP contribution in [-0.2, 0) is 0 Å². The van der Waals surface area contributed by atoms with Crippen molar-refractivity contribution in [2.75, 3.05) is 5.32 Å². The van der Waals surface area contributed by atoms with Gasteiger partial charge in [-0.25, -0.2) is 9.97 Å². The standard InChI is InChI=1S/C22H19N3OS2.C2H6/c1-15-8-6-7-11-20(15)28-18-12-19(26-17-9-4-3-5-10-17)21(23-13-18)25-22-24-16(2)14-27-22;1-2/h3-14H,1-2H3,(H,23,24,25);1-2H3. The lowest BCUT2D eigenvalue weighted by Gasteiger charge is -2.13. The zero-order valence-electron chi connectivity index (χ0n) is 17.5. The zero-order chi connectivity index (χ0) is 21.3. The Morgan fingerprint density at radius 1 is 0.967 bits per heavy atom. The van der Waals surface area contributed by atoms with Gasteiger partial charge in [-0.05, 0) is 37.6 Å². The number of rotatable bonds is 6. The molecule has 4 aromatic rings. The highest BCUT2D eigenvalue weighted by atomic mass is 32.2. The lowest BCUT2D eigenvalue weighted by molar-refractivity contribution is 0.481. The van der Waals surface area contributed by atoms with Crippen LogP contribution in [0.25, 0.3) is 0 Å². The van der Waals surface area contributed by atoms with E-state index in [1.165, 1.54) is 10.5 Å². The van der Waals surface area contributed by atoms with Crippen LogP contribution in [0.15, 0.2) is 82.0 Å². The first-order valence-corrected chi connectivity index (χ1v) is 11.5. The molecule has 154 valence electrons. The third-order valence-corrected chi connectivity index (χ3v) is 5.98. The van der Waals surface area contributed by atoms with E-state index in [0.29, 0.717) is 11.6 Å². The maximum absolute atomic E-state index is 6.14. The van der Waals surface area contributed by atoms with Crippen molar-refractivity contribution in [2.45, 2.75) is 37.5 Å². The summed E-state index contributed by atoms with van der Waals surface area (Å²) in [6.07, 6.45) is 1.86. The number of pyridine rings is 1. The molecular weight excluding hydrogens is 410 g/mol. The molecule has 0 aliphatic carbocycles. The van der Waals surface area contributed by atoms with Crippen LogP contribution in [-0.4, -0.2) is 9.97 Å². The van der Waals surface area contributed by atoms with Gasteiger partial charge in [0.15, 0.2) is 16.7 Å². The minimum Gasteiger partial charge on any atom is -0.453 e. The Balaban J connectivity index is 0.00000124. The minimum atomic E-state index is 0.646. The molecule has 1 N–H and O–H groups in total. The van der Waals surface area contributed by atoms with E-state index in [4.69, 9.17) is 4.74 Å². The van der Waals surface area contributed by atoms with E-state index in [2.05, 4.69) is 34.3 Å². The van der Waals surface area contributed by atoms with E-state index >= 15 is 0 Å². The lowest BCUT2D eigenvalue weighted by Crippen LogP contribution is -1.97. The van der Waals surface area contributed by atoms with Crippen LogP contribution in [0.2, 0.25) is 0 Å². The maximum atomic E-state index is 6.14. The second-order valence-corrected chi connectivity index (χ2v) is 8.19. The quantitative estimate of drug-likeness (QED) is 0.334. The Bertz CT molecular complexity index is 1080. The van der Waals surface area contributed by atoms with Gasteiger partial charge in [0.05, 0.1) is 5.69 Å². The Kier molecular flexibility index (Phi) is 7.88. The molecule has 0 aliphatic heterocycles. The molecule has 2 aromatic carbocycles. The normalized spacial score (nSPS) is 10.1. The smallest absolute Gasteiger partial charge is 0.188 e. The molecule has 2 aromatic heterocycles. The van der Waals surface area contributed by atoms with Gasteiger partial charge in [-0.2, -0.15) is 0 Å². The fourth-order valence-electron chi connectivity index (χ4n) is 2.58. The first-order valence-electron chi connectivity index (χ1n) is 9.83. The minimum absolute atomic E-state index is 0.646. The van der Waals surface area contributed by atoms with Crippen LogP contribution in [0, 0.1) is 13.8 Å². The van der Waals surface area contributed by atoms with Crippen LogP contribution in [0.1, 0.15) is 25.1 Å². The number of anilines is 2. The molecule has 0 aliphatic rings. The summed E-state index contributed by atoms with van der Waals surface area (Å²) in [4.78, 5) is 11.3. The molecule has 4 rings (SSSR count). The summed E-state index contributed by atoms with van der Waals surface area (Å²) in [5, 5.41) is 6.07. The molecule has 0 saturated heterocycles. The van der Waals surface area contributed by atoms with Crippen LogP contribution in [0.4, 0.5) is 10.9 Å². The summed E-state index contributed by atoms with van der Waals surface area (Å²) in [6.45, 7) is 8.08. The van der Waals surface area contributed by atoms with Crippen LogP contribution < -0.4 is 10.1 Å². The van der Waals surface area contributed by atoms with E-state index in [0.717, 1.165) is 21.5 Å². The molecule has 4 nitrogen and oxygen atoms in total. The van der Waals surface area contributed by atoms with Crippen LogP contribution >= 0.6 is 23.1 Å². The monoisotopic (exact) mass is 435 g/mol. The van der Waals surface area contributed by atoms with Gasteiger partial charge in [0.25, 0.3) is 0 Å². The molecule has 2 heterocycles.